The van der Waals surface area contributed by atoms with Crippen LogP contribution in [-0.2, 0) is 4.79 Å². The number of rotatable bonds is 6. The molecule has 0 aromatic heterocycles. The quantitative estimate of drug-likeness (QED) is 0.622. The molecule has 4 N–H and O–H groups in total. The van der Waals surface area contributed by atoms with Crippen LogP contribution < -0.4 is 5.32 Å². The van der Waals surface area contributed by atoms with Gasteiger partial charge in [0, 0.05) is 32.5 Å². The Balaban J connectivity index is 2.03. The Kier molecular flexibility index (Phi) is 6.16. The van der Waals surface area contributed by atoms with Crippen LogP contribution >= 0.6 is 0 Å². The van der Waals surface area contributed by atoms with Gasteiger partial charge in [-0.2, -0.15) is 0 Å². The lowest BCUT2D eigenvalue weighted by Crippen LogP contribution is -2.55. The minimum atomic E-state index is -1.56. The highest BCUT2D eigenvalue weighted by Crippen LogP contribution is 2.25. The highest BCUT2D eigenvalue weighted by molar-refractivity contribution is 5.85. The lowest BCUT2D eigenvalue weighted by molar-refractivity contribution is -0.145. The largest absolute Gasteiger partial charge is 0.465 e. The van der Waals surface area contributed by atoms with Crippen molar-refractivity contribution in [3.8, 4) is 0 Å². The third-order valence-corrected chi connectivity index (χ3v) is 4.44. The fraction of sp³-hybridized carbons (Fsp3) is 0.529. The van der Waals surface area contributed by atoms with Gasteiger partial charge in [-0.05, 0) is 18.4 Å². The van der Waals surface area contributed by atoms with E-state index in [1.54, 1.807) is 0 Å². The highest BCUT2D eigenvalue weighted by Gasteiger charge is 2.41. The molecule has 1 atom stereocenters. The minimum absolute atomic E-state index is 0.0248. The molecule has 1 fully saturated rings. The molecule has 0 saturated carbocycles. The number of piperidine rings is 1. The molecule has 7 heteroatoms. The van der Waals surface area contributed by atoms with Gasteiger partial charge in [0.05, 0.1) is 6.04 Å². The van der Waals surface area contributed by atoms with Crippen molar-refractivity contribution in [1.29, 1.82) is 0 Å². The second-order valence-electron chi connectivity index (χ2n) is 6.10. The van der Waals surface area contributed by atoms with Gasteiger partial charge in [0.15, 0.2) is 0 Å². The topological polar surface area (TPSA) is 110 Å². The average molecular weight is 336 g/mol. The minimum Gasteiger partial charge on any atom is -0.465 e. The third kappa shape index (κ3) is 4.46. The Morgan fingerprint density at radius 3 is 2.38 bits per heavy atom. The maximum absolute atomic E-state index is 12.6. The molecule has 1 aliphatic heterocycles. The summed E-state index contributed by atoms with van der Waals surface area (Å²) in [5.41, 5.74) is -0.649. The zero-order valence-corrected chi connectivity index (χ0v) is 13.5. The van der Waals surface area contributed by atoms with Crippen molar-refractivity contribution in [1.82, 2.24) is 10.2 Å². The predicted octanol–water partition coefficient (Wildman–Crippen LogP) is 1.12. The maximum atomic E-state index is 12.6. The molecule has 0 spiro atoms. The Bertz CT molecular complexity index is 555. The van der Waals surface area contributed by atoms with Gasteiger partial charge in [-0.1, -0.05) is 30.3 Å². The monoisotopic (exact) mass is 336 g/mol. The molecular formula is C17H24N2O5. The first-order valence-corrected chi connectivity index (χ1v) is 8.13. The van der Waals surface area contributed by atoms with Gasteiger partial charge in [-0.15, -0.1) is 0 Å². The van der Waals surface area contributed by atoms with Gasteiger partial charge in [0.1, 0.15) is 5.60 Å². The normalized spacial score (nSPS) is 18.0. The van der Waals surface area contributed by atoms with Crippen LogP contribution in [0, 0.1) is 0 Å². The number of hydrogen-bond acceptors (Lipinski definition) is 4. The Morgan fingerprint density at radius 2 is 1.83 bits per heavy atom. The van der Waals surface area contributed by atoms with Crippen LogP contribution in [0.25, 0.3) is 0 Å². The first-order valence-electron chi connectivity index (χ1n) is 8.13. The van der Waals surface area contributed by atoms with Crippen LogP contribution in [-0.4, -0.2) is 57.5 Å². The van der Waals surface area contributed by atoms with E-state index in [1.807, 2.05) is 30.3 Å². The van der Waals surface area contributed by atoms with Gasteiger partial charge in [0.25, 0.3) is 5.91 Å². The number of carbonyl (C=O) groups is 2. The molecule has 24 heavy (non-hydrogen) atoms. The van der Waals surface area contributed by atoms with E-state index < -0.39 is 17.6 Å². The zero-order valence-electron chi connectivity index (χ0n) is 13.5. The predicted molar refractivity (Wildman–Crippen MR) is 87.4 cm³/mol. The summed E-state index contributed by atoms with van der Waals surface area (Å²) < 4.78 is 0. The number of carbonyl (C=O) groups excluding carboxylic acids is 1. The number of amides is 2. The summed E-state index contributed by atoms with van der Waals surface area (Å²) in [5.74, 6) is -0.487. The lowest BCUT2D eigenvalue weighted by Gasteiger charge is -2.36. The summed E-state index contributed by atoms with van der Waals surface area (Å²) in [6, 6.07) is 9.09. The molecule has 1 heterocycles. The first kappa shape index (κ1) is 18.2. The van der Waals surface area contributed by atoms with E-state index in [2.05, 4.69) is 5.32 Å². The molecule has 1 aromatic carbocycles. The lowest BCUT2D eigenvalue weighted by atomic mass is 9.89. The number of aliphatic hydroxyl groups excluding tert-OH is 1. The molecule has 132 valence electrons. The maximum Gasteiger partial charge on any atom is 0.407 e. The molecule has 1 saturated heterocycles. The van der Waals surface area contributed by atoms with Crippen LogP contribution in [0.2, 0.25) is 0 Å². The Hall–Kier alpha value is -2.12. The van der Waals surface area contributed by atoms with E-state index in [0.29, 0.717) is 12.8 Å². The summed E-state index contributed by atoms with van der Waals surface area (Å²) in [7, 11) is 0. The van der Waals surface area contributed by atoms with Crippen molar-refractivity contribution < 1.29 is 24.9 Å². The number of nitrogens with zero attached hydrogens (tertiary/aromatic N) is 1. The summed E-state index contributed by atoms with van der Waals surface area (Å²) in [6.45, 7) is 0.287. The van der Waals surface area contributed by atoms with Crippen molar-refractivity contribution >= 4 is 12.0 Å². The van der Waals surface area contributed by atoms with Gasteiger partial charge >= 0.3 is 6.09 Å². The van der Waals surface area contributed by atoms with Crippen LogP contribution in [0.5, 0.6) is 0 Å². The van der Waals surface area contributed by atoms with E-state index in [4.69, 9.17) is 10.2 Å². The molecule has 7 nitrogen and oxygen atoms in total. The summed E-state index contributed by atoms with van der Waals surface area (Å²) >= 11 is 0. The fourth-order valence-corrected chi connectivity index (χ4v) is 2.89. The van der Waals surface area contributed by atoms with Crippen molar-refractivity contribution in [2.75, 3.05) is 19.7 Å². The van der Waals surface area contributed by atoms with E-state index in [1.165, 1.54) is 4.90 Å². The molecule has 2 rings (SSSR count). The van der Waals surface area contributed by atoms with E-state index in [-0.39, 0.29) is 38.6 Å². The smallest absolute Gasteiger partial charge is 0.407 e. The first-order chi connectivity index (χ1) is 11.5. The summed E-state index contributed by atoms with van der Waals surface area (Å²) in [4.78, 5) is 24.7. The van der Waals surface area contributed by atoms with Crippen LogP contribution in [0.15, 0.2) is 30.3 Å². The second kappa shape index (κ2) is 8.12. The average Bonchev–Trinajstić information content (AvgIpc) is 2.59. The van der Waals surface area contributed by atoms with Gasteiger partial charge in [-0.25, -0.2) is 4.79 Å². The Morgan fingerprint density at radius 1 is 1.21 bits per heavy atom. The second-order valence-corrected chi connectivity index (χ2v) is 6.10. The molecule has 2 amide bonds. The van der Waals surface area contributed by atoms with Crippen LogP contribution in [0.3, 0.4) is 0 Å². The highest BCUT2D eigenvalue weighted by atomic mass is 16.4. The van der Waals surface area contributed by atoms with Crippen molar-refractivity contribution in [3.05, 3.63) is 35.9 Å². The standard InChI is InChI=1S/C17H24N2O5/c20-12-4-7-14(13-5-2-1-3-6-13)18-15(21)17(24)8-10-19(11-9-17)16(22)23/h1-3,5-6,14,20,24H,4,7-12H2,(H,18,21)(H,22,23)/t14-/m0/s1. The molecular weight excluding hydrogens is 312 g/mol. The van der Waals surface area contributed by atoms with Gasteiger partial charge in [-0.3, -0.25) is 4.79 Å². The van der Waals surface area contributed by atoms with Crippen molar-refractivity contribution in [3.63, 3.8) is 0 Å². The van der Waals surface area contributed by atoms with Crippen LogP contribution in [0.4, 0.5) is 4.79 Å². The number of benzene rings is 1. The van der Waals surface area contributed by atoms with Gasteiger partial charge < -0.3 is 25.5 Å². The van der Waals surface area contributed by atoms with Crippen molar-refractivity contribution in [2.45, 2.75) is 37.3 Å². The molecule has 1 aliphatic rings. The number of aliphatic hydroxyl groups is 2. The molecule has 0 radical (unpaired) electrons. The molecule has 1 aromatic rings. The third-order valence-electron chi connectivity index (χ3n) is 4.44. The number of hydrogen-bond donors (Lipinski definition) is 4. The van der Waals surface area contributed by atoms with E-state index in [0.717, 1.165) is 5.56 Å². The van der Waals surface area contributed by atoms with E-state index in [9.17, 15) is 14.7 Å². The van der Waals surface area contributed by atoms with Gasteiger partial charge in [0.2, 0.25) is 0 Å². The number of likely N-dealkylation sites (tertiary alicyclic amines) is 1. The number of nitrogens with one attached hydrogen (secondary N) is 1. The summed E-state index contributed by atoms with van der Waals surface area (Å²) in [5, 5.41) is 31.4. The number of carboxylic acid groups (broad SMARTS) is 1. The zero-order chi connectivity index (χ0) is 17.6. The summed E-state index contributed by atoms with van der Waals surface area (Å²) in [6.07, 6.45) is 0.205. The SMILES string of the molecule is O=C(O)N1CCC(O)(C(=O)N[C@@H](CCCO)c2ccccc2)CC1. The fourth-order valence-electron chi connectivity index (χ4n) is 2.89. The molecule has 0 bridgehead atoms. The van der Waals surface area contributed by atoms with Crippen LogP contribution in [0.1, 0.15) is 37.3 Å². The molecule has 0 aliphatic carbocycles. The van der Waals surface area contributed by atoms with E-state index >= 15 is 0 Å². The Labute approximate surface area is 140 Å². The molecule has 0 unspecified atom stereocenters. The van der Waals surface area contributed by atoms with Crippen molar-refractivity contribution in [2.24, 2.45) is 0 Å².